The first-order valence-electron chi connectivity index (χ1n) is 6.36. The molecule has 2 N–H and O–H groups in total. The summed E-state index contributed by atoms with van der Waals surface area (Å²) in [7, 11) is 2.13. The molecule has 1 aromatic carbocycles. The van der Waals surface area contributed by atoms with Crippen LogP contribution in [0.3, 0.4) is 0 Å². The number of rotatable bonds is 5. The van der Waals surface area contributed by atoms with Crippen molar-refractivity contribution in [2.24, 2.45) is 5.73 Å². The van der Waals surface area contributed by atoms with Crippen molar-refractivity contribution >= 4 is 33.0 Å². The van der Waals surface area contributed by atoms with Crippen LogP contribution >= 0.6 is 27.3 Å². The van der Waals surface area contributed by atoms with E-state index in [4.69, 9.17) is 5.73 Å². The third-order valence-electron chi connectivity index (χ3n) is 3.17. The molecular weight excluding hydrogens is 320 g/mol. The Labute approximate surface area is 127 Å². The smallest absolute Gasteiger partial charge is 0.0412 e. The second-order valence-corrected chi connectivity index (χ2v) is 6.69. The number of hydrogen-bond acceptors (Lipinski definition) is 3. The predicted octanol–water partition coefficient (Wildman–Crippen LogP) is 4.21. The van der Waals surface area contributed by atoms with Crippen LogP contribution in [0.25, 0.3) is 0 Å². The summed E-state index contributed by atoms with van der Waals surface area (Å²) >= 11 is 5.33. The predicted molar refractivity (Wildman–Crippen MR) is 88.0 cm³/mol. The van der Waals surface area contributed by atoms with Gasteiger partial charge in [0.15, 0.2) is 0 Å². The molecule has 1 heterocycles. The molecule has 2 rings (SSSR count). The molecule has 1 unspecified atom stereocenters. The molecule has 1 aromatic heterocycles. The van der Waals surface area contributed by atoms with Crippen molar-refractivity contribution in [2.75, 3.05) is 18.5 Å². The van der Waals surface area contributed by atoms with Gasteiger partial charge in [0.2, 0.25) is 0 Å². The van der Waals surface area contributed by atoms with Crippen LogP contribution in [0.1, 0.15) is 23.4 Å². The van der Waals surface area contributed by atoms with Crippen molar-refractivity contribution in [1.29, 1.82) is 0 Å². The maximum atomic E-state index is 6.07. The fourth-order valence-electron chi connectivity index (χ4n) is 2.09. The summed E-state index contributed by atoms with van der Waals surface area (Å²) in [6.45, 7) is 3.03. The minimum absolute atomic E-state index is 0.0386. The van der Waals surface area contributed by atoms with Crippen LogP contribution in [0.4, 0.5) is 5.69 Å². The third-order valence-corrected chi connectivity index (χ3v) is 4.59. The lowest BCUT2D eigenvalue weighted by molar-refractivity contribution is 0.797. The number of nitrogens with two attached hydrogens (primary N) is 1. The Kier molecular flexibility index (Phi) is 5.02. The quantitative estimate of drug-likeness (QED) is 0.884. The van der Waals surface area contributed by atoms with Crippen LogP contribution in [-0.4, -0.2) is 13.6 Å². The maximum Gasteiger partial charge on any atom is 0.0412 e. The number of hydrogen-bond donors (Lipinski definition) is 1. The van der Waals surface area contributed by atoms with Crippen LogP contribution in [-0.2, 0) is 6.42 Å². The summed E-state index contributed by atoms with van der Waals surface area (Å²) < 4.78 is 1.08. The standard InChI is InChI=1S/C15H19BrN2S/c1-11(17)14-10-12(16)5-6-15(14)18(2)8-7-13-4-3-9-19-13/h3-6,9-11H,7-8,17H2,1-2H3. The summed E-state index contributed by atoms with van der Waals surface area (Å²) in [6, 6.07) is 10.7. The van der Waals surface area contributed by atoms with E-state index in [1.807, 2.05) is 18.3 Å². The van der Waals surface area contributed by atoms with Gasteiger partial charge in [-0.3, -0.25) is 0 Å². The molecule has 0 spiro atoms. The molecule has 1 atom stereocenters. The SMILES string of the molecule is CC(N)c1cc(Br)ccc1N(C)CCc1cccs1. The molecule has 0 aliphatic heterocycles. The van der Waals surface area contributed by atoms with E-state index in [0.29, 0.717) is 0 Å². The third kappa shape index (κ3) is 3.81. The fraction of sp³-hybridized carbons (Fsp3) is 0.333. The largest absolute Gasteiger partial charge is 0.374 e. The zero-order chi connectivity index (χ0) is 13.8. The second kappa shape index (κ2) is 6.55. The number of anilines is 1. The second-order valence-electron chi connectivity index (χ2n) is 4.74. The van der Waals surface area contributed by atoms with Crippen LogP contribution in [0.2, 0.25) is 0 Å². The van der Waals surface area contributed by atoms with Crippen molar-refractivity contribution in [3.8, 4) is 0 Å². The van der Waals surface area contributed by atoms with Crippen molar-refractivity contribution in [3.63, 3.8) is 0 Å². The van der Waals surface area contributed by atoms with Gasteiger partial charge in [-0.15, -0.1) is 11.3 Å². The molecule has 0 saturated heterocycles. The Morgan fingerprint density at radius 2 is 2.16 bits per heavy atom. The summed E-state index contributed by atoms with van der Waals surface area (Å²) in [6.07, 6.45) is 1.07. The fourth-order valence-corrected chi connectivity index (χ4v) is 3.17. The molecule has 0 amide bonds. The molecule has 0 fully saturated rings. The molecule has 0 radical (unpaired) electrons. The van der Waals surface area contributed by atoms with Crippen molar-refractivity contribution in [3.05, 3.63) is 50.6 Å². The summed E-state index contributed by atoms with van der Waals surface area (Å²) in [5.74, 6) is 0. The van der Waals surface area contributed by atoms with E-state index in [-0.39, 0.29) is 6.04 Å². The molecule has 19 heavy (non-hydrogen) atoms. The lowest BCUT2D eigenvalue weighted by atomic mass is 10.1. The minimum Gasteiger partial charge on any atom is -0.374 e. The van der Waals surface area contributed by atoms with Crippen LogP contribution in [0, 0.1) is 0 Å². The van der Waals surface area contributed by atoms with Gasteiger partial charge in [-0.2, -0.15) is 0 Å². The average Bonchev–Trinajstić information content (AvgIpc) is 2.88. The molecule has 0 aliphatic carbocycles. The van der Waals surface area contributed by atoms with Crippen LogP contribution in [0.5, 0.6) is 0 Å². The Morgan fingerprint density at radius 3 is 2.79 bits per heavy atom. The van der Waals surface area contributed by atoms with E-state index < -0.39 is 0 Å². The van der Waals surface area contributed by atoms with Gasteiger partial charge in [-0.1, -0.05) is 22.0 Å². The van der Waals surface area contributed by atoms with Gasteiger partial charge in [0.1, 0.15) is 0 Å². The number of halogens is 1. The van der Waals surface area contributed by atoms with Gasteiger partial charge in [0.05, 0.1) is 0 Å². The maximum absolute atomic E-state index is 6.07. The molecular formula is C15H19BrN2S. The highest BCUT2D eigenvalue weighted by Gasteiger charge is 2.11. The number of nitrogens with zero attached hydrogens (tertiary/aromatic N) is 1. The zero-order valence-electron chi connectivity index (χ0n) is 11.3. The molecule has 102 valence electrons. The monoisotopic (exact) mass is 338 g/mol. The highest BCUT2D eigenvalue weighted by atomic mass is 79.9. The van der Waals surface area contributed by atoms with Gasteiger partial charge in [0.25, 0.3) is 0 Å². The molecule has 4 heteroatoms. The lowest BCUT2D eigenvalue weighted by Gasteiger charge is -2.24. The highest BCUT2D eigenvalue weighted by molar-refractivity contribution is 9.10. The highest BCUT2D eigenvalue weighted by Crippen LogP contribution is 2.28. The van der Waals surface area contributed by atoms with E-state index in [1.165, 1.54) is 16.1 Å². The first kappa shape index (κ1) is 14.6. The summed E-state index contributed by atoms with van der Waals surface area (Å²) in [4.78, 5) is 3.71. The molecule has 0 aliphatic rings. The zero-order valence-corrected chi connectivity index (χ0v) is 13.7. The normalized spacial score (nSPS) is 12.4. The number of thiophene rings is 1. The average molecular weight is 339 g/mol. The molecule has 2 nitrogen and oxygen atoms in total. The van der Waals surface area contributed by atoms with Gasteiger partial charge in [0, 0.05) is 34.7 Å². The van der Waals surface area contributed by atoms with Crippen molar-refractivity contribution in [1.82, 2.24) is 0 Å². The first-order valence-corrected chi connectivity index (χ1v) is 8.03. The Morgan fingerprint density at radius 1 is 1.37 bits per heavy atom. The molecule has 0 bridgehead atoms. The topological polar surface area (TPSA) is 29.3 Å². The Bertz CT molecular complexity index is 523. The van der Waals surface area contributed by atoms with Crippen molar-refractivity contribution in [2.45, 2.75) is 19.4 Å². The number of benzene rings is 1. The molecule has 0 saturated carbocycles. The minimum atomic E-state index is 0.0386. The van der Waals surface area contributed by atoms with Crippen LogP contribution < -0.4 is 10.6 Å². The lowest BCUT2D eigenvalue weighted by Crippen LogP contribution is -2.23. The van der Waals surface area contributed by atoms with Crippen molar-refractivity contribution < 1.29 is 0 Å². The summed E-state index contributed by atoms with van der Waals surface area (Å²) in [5, 5.41) is 2.13. The van der Waals surface area contributed by atoms with Gasteiger partial charge >= 0.3 is 0 Å². The molecule has 2 aromatic rings. The van der Waals surface area contributed by atoms with Crippen LogP contribution in [0.15, 0.2) is 40.2 Å². The van der Waals surface area contributed by atoms with Gasteiger partial charge in [-0.05, 0) is 48.6 Å². The Balaban J connectivity index is 2.12. The van der Waals surface area contributed by atoms with E-state index >= 15 is 0 Å². The van der Waals surface area contributed by atoms with E-state index in [9.17, 15) is 0 Å². The first-order chi connectivity index (χ1) is 9.08. The van der Waals surface area contributed by atoms with E-state index in [1.54, 1.807) is 0 Å². The van der Waals surface area contributed by atoms with E-state index in [2.05, 4.69) is 63.6 Å². The Hall–Kier alpha value is -0.840. The summed E-state index contributed by atoms with van der Waals surface area (Å²) in [5.41, 5.74) is 8.47. The number of likely N-dealkylation sites (N-methyl/N-ethyl adjacent to an activating group) is 1. The van der Waals surface area contributed by atoms with E-state index in [0.717, 1.165) is 17.4 Å². The van der Waals surface area contributed by atoms with Gasteiger partial charge in [-0.25, -0.2) is 0 Å². The van der Waals surface area contributed by atoms with Gasteiger partial charge < -0.3 is 10.6 Å².